The molecule has 4 rings (SSSR count). The molecule has 0 fully saturated rings. The third kappa shape index (κ3) is 4.34. The molecule has 8 heteroatoms. The first-order chi connectivity index (χ1) is 14.9. The zero-order chi connectivity index (χ0) is 22.0. The number of amides is 1. The van der Waals surface area contributed by atoms with Gasteiger partial charge in [-0.25, -0.2) is 9.97 Å². The van der Waals surface area contributed by atoms with Gasteiger partial charge in [-0.15, -0.1) is 11.3 Å². The highest BCUT2D eigenvalue weighted by Gasteiger charge is 2.23. The number of thiazole rings is 1. The van der Waals surface area contributed by atoms with Gasteiger partial charge < -0.3 is 10.1 Å². The molecule has 0 bridgehead atoms. The number of aromatic nitrogens is 4. The molecule has 7 nitrogen and oxygen atoms in total. The van der Waals surface area contributed by atoms with E-state index in [0.29, 0.717) is 23.1 Å². The zero-order valence-electron chi connectivity index (χ0n) is 17.8. The molecule has 0 unspecified atom stereocenters. The molecule has 1 aromatic carbocycles. The van der Waals surface area contributed by atoms with E-state index in [-0.39, 0.29) is 11.3 Å². The van der Waals surface area contributed by atoms with Crippen LogP contribution in [0.1, 0.15) is 37.0 Å². The Balaban J connectivity index is 1.65. The molecule has 0 saturated carbocycles. The number of rotatable bonds is 5. The molecule has 0 aliphatic rings. The molecule has 0 aliphatic carbocycles. The fourth-order valence-corrected chi connectivity index (χ4v) is 3.82. The largest absolute Gasteiger partial charge is 0.496 e. The van der Waals surface area contributed by atoms with E-state index in [0.717, 1.165) is 16.3 Å². The Morgan fingerprint density at radius 1 is 1.13 bits per heavy atom. The third-order valence-electron chi connectivity index (χ3n) is 4.66. The van der Waals surface area contributed by atoms with Crippen LogP contribution in [0.5, 0.6) is 5.75 Å². The summed E-state index contributed by atoms with van der Waals surface area (Å²) >= 11 is 1.39. The van der Waals surface area contributed by atoms with E-state index >= 15 is 0 Å². The summed E-state index contributed by atoms with van der Waals surface area (Å²) in [5.74, 6) is 1.57. The Hall–Kier alpha value is -3.52. The van der Waals surface area contributed by atoms with Crippen LogP contribution in [0.15, 0.2) is 60.1 Å². The zero-order valence-corrected chi connectivity index (χ0v) is 18.6. The number of hydrogen-bond donors (Lipinski definition) is 1. The maximum absolute atomic E-state index is 13.0. The van der Waals surface area contributed by atoms with Gasteiger partial charge in [-0.1, -0.05) is 39.0 Å². The lowest BCUT2D eigenvalue weighted by molar-refractivity contribution is 0.102. The van der Waals surface area contributed by atoms with E-state index in [1.165, 1.54) is 11.3 Å². The molecule has 31 heavy (non-hydrogen) atoms. The number of nitrogens with zero attached hydrogens (tertiary/aromatic N) is 4. The van der Waals surface area contributed by atoms with Crippen LogP contribution in [0.2, 0.25) is 0 Å². The molecule has 0 radical (unpaired) electrons. The molecule has 1 N–H and O–H groups in total. The quantitative estimate of drug-likeness (QED) is 0.482. The second kappa shape index (κ2) is 8.31. The summed E-state index contributed by atoms with van der Waals surface area (Å²) in [7, 11) is 1.62. The number of benzene rings is 1. The molecule has 0 atom stereocenters. The standard InChI is InChI=1S/C23H23N5O2S/c1-23(2,3)18-13-20(28(27-18)19-11-7-8-12-24-19)26-21(29)16-14-31-22(25-16)15-9-5-6-10-17(15)30-4/h5-14H,1-4H3,(H,26,29). The van der Waals surface area contributed by atoms with Gasteiger partial charge >= 0.3 is 0 Å². The second-order valence-corrected chi connectivity index (χ2v) is 8.81. The third-order valence-corrected chi connectivity index (χ3v) is 5.54. The second-order valence-electron chi connectivity index (χ2n) is 7.96. The lowest BCUT2D eigenvalue weighted by atomic mass is 9.92. The number of carbonyl (C=O) groups excluding carboxylic acids is 1. The van der Waals surface area contributed by atoms with Gasteiger partial charge in [0, 0.05) is 23.1 Å². The summed E-state index contributed by atoms with van der Waals surface area (Å²) in [6.07, 6.45) is 1.69. The molecule has 3 aromatic heterocycles. The normalized spacial score (nSPS) is 11.4. The summed E-state index contributed by atoms with van der Waals surface area (Å²) in [6, 6.07) is 15.0. The van der Waals surface area contributed by atoms with Crippen molar-refractivity contribution in [1.82, 2.24) is 19.7 Å². The number of carbonyl (C=O) groups is 1. The van der Waals surface area contributed by atoms with E-state index < -0.39 is 0 Å². The Kier molecular flexibility index (Phi) is 5.56. The molecule has 4 aromatic rings. The summed E-state index contributed by atoms with van der Waals surface area (Å²) in [6.45, 7) is 6.22. The molecule has 0 aliphatic heterocycles. The van der Waals surface area contributed by atoms with Crippen LogP contribution >= 0.6 is 11.3 Å². The smallest absolute Gasteiger partial charge is 0.276 e. The van der Waals surface area contributed by atoms with E-state index in [4.69, 9.17) is 4.74 Å². The molecule has 0 saturated heterocycles. The number of methoxy groups -OCH3 is 1. The maximum atomic E-state index is 13.0. The summed E-state index contributed by atoms with van der Waals surface area (Å²) in [4.78, 5) is 21.9. The van der Waals surface area contributed by atoms with Crippen LogP contribution in [0.25, 0.3) is 16.4 Å². The topological polar surface area (TPSA) is 81.9 Å². The van der Waals surface area contributed by atoms with Crippen LogP contribution in [0.4, 0.5) is 5.82 Å². The number of para-hydroxylation sites is 1. The van der Waals surface area contributed by atoms with Crippen molar-refractivity contribution in [3.8, 4) is 22.1 Å². The summed E-state index contributed by atoms with van der Waals surface area (Å²) < 4.78 is 7.06. The first-order valence-corrected chi connectivity index (χ1v) is 10.7. The first kappa shape index (κ1) is 20.7. The van der Waals surface area contributed by atoms with Crippen molar-refractivity contribution in [2.45, 2.75) is 26.2 Å². The van der Waals surface area contributed by atoms with Crippen molar-refractivity contribution in [3.63, 3.8) is 0 Å². The fourth-order valence-electron chi connectivity index (χ4n) is 2.99. The van der Waals surface area contributed by atoms with Gasteiger partial charge in [0.25, 0.3) is 5.91 Å². The fraction of sp³-hybridized carbons (Fsp3) is 0.217. The lowest BCUT2D eigenvalue weighted by Gasteiger charge is -2.13. The maximum Gasteiger partial charge on any atom is 0.276 e. The number of ether oxygens (including phenoxy) is 1. The lowest BCUT2D eigenvalue weighted by Crippen LogP contribution is -2.16. The number of anilines is 1. The monoisotopic (exact) mass is 433 g/mol. The average molecular weight is 434 g/mol. The molecule has 158 valence electrons. The Labute approximate surface area is 184 Å². The van der Waals surface area contributed by atoms with Crippen molar-refractivity contribution in [1.29, 1.82) is 0 Å². The Bertz CT molecular complexity index is 1210. The van der Waals surface area contributed by atoms with Gasteiger partial charge in [-0.05, 0) is 24.3 Å². The van der Waals surface area contributed by atoms with Crippen LogP contribution < -0.4 is 10.1 Å². The van der Waals surface area contributed by atoms with Crippen molar-refractivity contribution in [2.75, 3.05) is 12.4 Å². The van der Waals surface area contributed by atoms with Crippen LogP contribution in [-0.2, 0) is 5.41 Å². The van der Waals surface area contributed by atoms with Crippen LogP contribution in [0.3, 0.4) is 0 Å². The molecular formula is C23H23N5O2S. The van der Waals surface area contributed by atoms with Gasteiger partial charge in [0.1, 0.15) is 22.3 Å². The van der Waals surface area contributed by atoms with Gasteiger partial charge in [0.05, 0.1) is 18.4 Å². The van der Waals surface area contributed by atoms with E-state index in [9.17, 15) is 4.79 Å². The first-order valence-electron chi connectivity index (χ1n) is 9.79. The highest BCUT2D eigenvalue weighted by atomic mass is 32.1. The summed E-state index contributed by atoms with van der Waals surface area (Å²) in [5.41, 5.74) is 1.85. The Morgan fingerprint density at radius 2 is 1.90 bits per heavy atom. The molecule has 1 amide bonds. The minimum absolute atomic E-state index is 0.183. The van der Waals surface area contributed by atoms with Gasteiger partial charge in [-0.3, -0.25) is 4.79 Å². The average Bonchev–Trinajstić information content (AvgIpc) is 3.42. The molecule has 0 spiro atoms. The van der Waals surface area contributed by atoms with Gasteiger partial charge in [0.2, 0.25) is 0 Å². The molecule has 3 heterocycles. The van der Waals surface area contributed by atoms with Crippen molar-refractivity contribution in [2.24, 2.45) is 0 Å². The van der Waals surface area contributed by atoms with Crippen LogP contribution in [-0.4, -0.2) is 32.8 Å². The predicted molar refractivity (Wildman–Crippen MR) is 122 cm³/mol. The van der Waals surface area contributed by atoms with Crippen molar-refractivity contribution >= 4 is 23.1 Å². The van der Waals surface area contributed by atoms with E-state index in [2.05, 4.69) is 41.2 Å². The van der Waals surface area contributed by atoms with Crippen molar-refractivity contribution in [3.05, 3.63) is 71.5 Å². The number of pyridine rings is 1. The highest BCUT2D eigenvalue weighted by molar-refractivity contribution is 7.13. The number of hydrogen-bond acceptors (Lipinski definition) is 6. The van der Waals surface area contributed by atoms with E-state index in [1.54, 1.807) is 23.4 Å². The highest BCUT2D eigenvalue weighted by Crippen LogP contribution is 2.32. The Morgan fingerprint density at radius 3 is 2.61 bits per heavy atom. The minimum Gasteiger partial charge on any atom is -0.496 e. The predicted octanol–water partition coefficient (Wildman–Crippen LogP) is 4.95. The summed E-state index contributed by atoms with van der Waals surface area (Å²) in [5, 5.41) is 10.1. The van der Waals surface area contributed by atoms with E-state index in [1.807, 2.05) is 48.5 Å². The SMILES string of the molecule is COc1ccccc1-c1nc(C(=O)Nc2cc(C(C)(C)C)nn2-c2ccccn2)cs1. The molecular weight excluding hydrogens is 410 g/mol. The van der Waals surface area contributed by atoms with Crippen LogP contribution in [0, 0.1) is 0 Å². The van der Waals surface area contributed by atoms with Gasteiger partial charge in [0.15, 0.2) is 5.82 Å². The van der Waals surface area contributed by atoms with Gasteiger partial charge in [-0.2, -0.15) is 9.78 Å². The number of nitrogens with one attached hydrogen (secondary N) is 1. The minimum atomic E-state index is -0.310. The van der Waals surface area contributed by atoms with Crippen molar-refractivity contribution < 1.29 is 9.53 Å².